The number of nitrogens with zero attached hydrogens (tertiary/aromatic N) is 2. The van der Waals surface area contributed by atoms with Crippen LogP contribution >= 0.6 is 0 Å². The molecule has 0 aliphatic carbocycles. The minimum absolute atomic E-state index is 0.135. The molecule has 1 N–H and O–H groups in total. The van der Waals surface area contributed by atoms with Crippen LogP contribution < -0.4 is 10.9 Å². The average Bonchev–Trinajstić information content (AvgIpc) is 3.04. The number of hydrogen-bond acceptors (Lipinski definition) is 4. The lowest BCUT2D eigenvalue weighted by Gasteiger charge is -2.07. The summed E-state index contributed by atoms with van der Waals surface area (Å²) in [6.45, 7) is -0.181. The Bertz CT molecular complexity index is 1240. The van der Waals surface area contributed by atoms with E-state index >= 15 is 0 Å². The minimum Gasteiger partial charge on any atom is -0.448 e. The topological polar surface area (TPSA) is 77.1 Å². The van der Waals surface area contributed by atoms with E-state index in [0.717, 1.165) is 5.39 Å². The third kappa shape index (κ3) is 2.72. The van der Waals surface area contributed by atoms with Gasteiger partial charge in [0, 0.05) is 16.6 Å². The number of carbonyl (C=O) groups is 1. The Morgan fingerprint density at radius 3 is 2.92 bits per heavy atom. The molecule has 0 spiro atoms. The first-order valence-corrected chi connectivity index (χ1v) is 7.89. The van der Waals surface area contributed by atoms with Crippen molar-refractivity contribution >= 4 is 33.7 Å². The van der Waals surface area contributed by atoms with Gasteiger partial charge in [-0.1, -0.05) is 24.1 Å². The molecule has 2 heterocycles. The SMILES string of the molecule is C#Cc1cccc(NC(=O)Cn2cnc3c(oc4ccccc43)c2=O)c1. The molecule has 0 bridgehead atoms. The lowest BCUT2D eigenvalue weighted by molar-refractivity contribution is -0.116. The largest absolute Gasteiger partial charge is 0.448 e. The predicted octanol–water partition coefficient (Wildman–Crippen LogP) is 2.76. The van der Waals surface area contributed by atoms with E-state index in [9.17, 15) is 9.59 Å². The Kier molecular flexibility index (Phi) is 3.75. The molecule has 4 rings (SSSR count). The molecule has 0 fully saturated rings. The Morgan fingerprint density at radius 1 is 1.23 bits per heavy atom. The second kappa shape index (κ2) is 6.22. The van der Waals surface area contributed by atoms with Gasteiger partial charge in [0.1, 0.15) is 17.6 Å². The molecule has 0 unspecified atom stereocenters. The first-order chi connectivity index (χ1) is 12.7. The molecular formula is C20H13N3O3. The van der Waals surface area contributed by atoms with Crippen molar-refractivity contribution in [1.29, 1.82) is 0 Å². The van der Waals surface area contributed by atoms with Crippen LogP contribution in [0.3, 0.4) is 0 Å². The van der Waals surface area contributed by atoms with Crippen molar-refractivity contribution in [3.8, 4) is 12.3 Å². The lowest BCUT2D eigenvalue weighted by Crippen LogP contribution is -2.27. The molecule has 0 saturated heterocycles. The van der Waals surface area contributed by atoms with Gasteiger partial charge in [-0.2, -0.15) is 0 Å². The summed E-state index contributed by atoms with van der Waals surface area (Å²) in [6, 6.07) is 14.2. The Morgan fingerprint density at radius 2 is 2.08 bits per heavy atom. The lowest BCUT2D eigenvalue weighted by atomic mass is 10.2. The fraction of sp³-hybridized carbons (Fsp3) is 0.0500. The first-order valence-electron chi connectivity index (χ1n) is 7.89. The van der Waals surface area contributed by atoms with E-state index in [1.165, 1.54) is 10.9 Å². The van der Waals surface area contributed by atoms with Crippen molar-refractivity contribution in [2.45, 2.75) is 6.54 Å². The number of furan rings is 1. The van der Waals surface area contributed by atoms with Gasteiger partial charge in [-0.25, -0.2) is 4.98 Å². The Hall–Kier alpha value is -3.85. The van der Waals surface area contributed by atoms with Crippen LogP contribution in [0.15, 0.2) is 64.1 Å². The van der Waals surface area contributed by atoms with Gasteiger partial charge in [-0.3, -0.25) is 14.2 Å². The van der Waals surface area contributed by atoms with Crippen LogP contribution in [0.4, 0.5) is 5.69 Å². The number of carbonyl (C=O) groups excluding carboxylic acids is 1. The van der Waals surface area contributed by atoms with E-state index in [1.54, 1.807) is 30.3 Å². The van der Waals surface area contributed by atoms with E-state index < -0.39 is 5.56 Å². The number of para-hydroxylation sites is 1. The number of hydrogen-bond donors (Lipinski definition) is 1. The molecular weight excluding hydrogens is 330 g/mol. The number of anilines is 1. The fourth-order valence-electron chi connectivity index (χ4n) is 2.77. The van der Waals surface area contributed by atoms with Crippen LogP contribution in [-0.4, -0.2) is 15.5 Å². The van der Waals surface area contributed by atoms with E-state index in [0.29, 0.717) is 22.4 Å². The summed E-state index contributed by atoms with van der Waals surface area (Å²) in [6.07, 6.45) is 6.70. The van der Waals surface area contributed by atoms with Gasteiger partial charge in [-0.05, 0) is 30.3 Å². The molecule has 0 aliphatic rings. The van der Waals surface area contributed by atoms with Crippen LogP contribution in [0.1, 0.15) is 5.56 Å². The summed E-state index contributed by atoms with van der Waals surface area (Å²) < 4.78 is 6.82. The number of benzene rings is 2. The Labute approximate surface area is 148 Å². The van der Waals surface area contributed by atoms with Gasteiger partial charge in [0.25, 0.3) is 5.56 Å². The van der Waals surface area contributed by atoms with Crippen LogP contribution in [0.5, 0.6) is 0 Å². The molecule has 2 aromatic carbocycles. The molecule has 26 heavy (non-hydrogen) atoms. The monoisotopic (exact) mass is 343 g/mol. The van der Waals surface area contributed by atoms with Crippen molar-refractivity contribution in [2.75, 3.05) is 5.32 Å². The summed E-state index contributed by atoms with van der Waals surface area (Å²) in [5.74, 6) is 2.14. The van der Waals surface area contributed by atoms with Gasteiger partial charge in [0.05, 0.1) is 6.33 Å². The number of amides is 1. The average molecular weight is 343 g/mol. The van der Waals surface area contributed by atoms with E-state index in [-0.39, 0.29) is 18.0 Å². The molecule has 0 aliphatic heterocycles. The van der Waals surface area contributed by atoms with Crippen molar-refractivity contribution in [1.82, 2.24) is 9.55 Å². The third-order valence-electron chi connectivity index (χ3n) is 3.98. The van der Waals surface area contributed by atoms with Gasteiger partial charge in [-0.15, -0.1) is 6.42 Å². The smallest absolute Gasteiger partial charge is 0.297 e. The van der Waals surface area contributed by atoms with Gasteiger partial charge in [0.2, 0.25) is 11.5 Å². The van der Waals surface area contributed by atoms with E-state index in [2.05, 4.69) is 16.2 Å². The second-order valence-corrected chi connectivity index (χ2v) is 5.73. The highest BCUT2D eigenvalue weighted by Gasteiger charge is 2.14. The number of terminal acetylenes is 1. The molecule has 6 nitrogen and oxygen atoms in total. The quantitative estimate of drug-likeness (QED) is 0.580. The molecule has 4 aromatic rings. The molecule has 6 heteroatoms. The molecule has 0 atom stereocenters. The normalized spacial score (nSPS) is 10.7. The highest BCUT2D eigenvalue weighted by atomic mass is 16.3. The maximum absolute atomic E-state index is 12.6. The predicted molar refractivity (Wildman–Crippen MR) is 98.8 cm³/mol. The summed E-state index contributed by atoms with van der Waals surface area (Å²) >= 11 is 0. The van der Waals surface area contributed by atoms with E-state index in [4.69, 9.17) is 10.8 Å². The molecule has 126 valence electrons. The zero-order valence-corrected chi connectivity index (χ0v) is 13.6. The standard InChI is InChI=1S/C20H13N3O3/c1-2-13-6-5-7-14(10-13)22-17(24)11-23-12-21-18-15-8-3-4-9-16(15)26-19(18)20(23)25/h1,3-10,12H,11H2,(H,22,24). The number of rotatable bonds is 3. The van der Waals surface area contributed by atoms with Crippen molar-refractivity contribution in [2.24, 2.45) is 0 Å². The van der Waals surface area contributed by atoms with Crippen LogP contribution in [0.2, 0.25) is 0 Å². The van der Waals surface area contributed by atoms with Crippen molar-refractivity contribution in [3.63, 3.8) is 0 Å². The third-order valence-corrected chi connectivity index (χ3v) is 3.98. The zero-order valence-electron chi connectivity index (χ0n) is 13.6. The van der Waals surface area contributed by atoms with Crippen molar-refractivity contribution < 1.29 is 9.21 Å². The molecule has 0 saturated carbocycles. The van der Waals surface area contributed by atoms with E-state index in [1.807, 2.05) is 18.2 Å². The molecule has 1 amide bonds. The highest BCUT2D eigenvalue weighted by Crippen LogP contribution is 2.24. The highest BCUT2D eigenvalue weighted by molar-refractivity contribution is 6.01. The van der Waals surface area contributed by atoms with Crippen LogP contribution in [0.25, 0.3) is 22.1 Å². The van der Waals surface area contributed by atoms with Crippen LogP contribution in [0, 0.1) is 12.3 Å². The zero-order chi connectivity index (χ0) is 18.1. The maximum atomic E-state index is 12.6. The first kappa shape index (κ1) is 15.7. The number of fused-ring (bicyclic) bond motifs is 3. The fourth-order valence-corrected chi connectivity index (χ4v) is 2.77. The summed E-state index contributed by atoms with van der Waals surface area (Å²) in [5.41, 5.74) is 2.03. The summed E-state index contributed by atoms with van der Waals surface area (Å²) in [5, 5.41) is 3.48. The molecule has 2 aromatic heterocycles. The number of nitrogens with one attached hydrogen (secondary N) is 1. The minimum atomic E-state index is -0.404. The van der Waals surface area contributed by atoms with Crippen molar-refractivity contribution in [3.05, 3.63) is 70.8 Å². The summed E-state index contributed by atoms with van der Waals surface area (Å²) in [7, 11) is 0. The second-order valence-electron chi connectivity index (χ2n) is 5.73. The van der Waals surface area contributed by atoms with Gasteiger partial charge >= 0.3 is 0 Å². The Balaban J connectivity index is 1.63. The number of aromatic nitrogens is 2. The summed E-state index contributed by atoms with van der Waals surface area (Å²) in [4.78, 5) is 29.2. The maximum Gasteiger partial charge on any atom is 0.297 e. The van der Waals surface area contributed by atoms with Gasteiger partial charge in [0.15, 0.2) is 0 Å². The van der Waals surface area contributed by atoms with Crippen LogP contribution in [-0.2, 0) is 11.3 Å². The molecule has 0 radical (unpaired) electrons. The van der Waals surface area contributed by atoms with Gasteiger partial charge < -0.3 is 9.73 Å².